The first-order chi connectivity index (χ1) is 9.47. The Morgan fingerprint density at radius 2 is 1.80 bits per heavy atom. The highest BCUT2D eigenvalue weighted by Crippen LogP contribution is 2.21. The van der Waals surface area contributed by atoms with E-state index < -0.39 is 5.97 Å². The second kappa shape index (κ2) is 5.92. The lowest BCUT2D eigenvalue weighted by molar-refractivity contribution is -0.116. The summed E-state index contributed by atoms with van der Waals surface area (Å²) in [6.07, 6.45) is 0. The van der Waals surface area contributed by atoms with E-state index in [0.717, 1.165) is 5.69 Å². The van der Waals surface area contributed by atoms with Gasteiger partial charge in [0.2, 0.25) is 11.7 Å². The van der Waals surface area contributed by atoms with Crippen LogP contribution in [-0.2, 0) is 4.79 Å². The number of hydrogen-bond acceptors (Lipinski definition) is 4. The van der Waals surface area contributed by atoms with Gasteiger partial charge in [0, 0.05) is 19.7 Å². The molecule has 0 saturated carbocycles. The molecule has 0 N–H and O–H groups in total. The third-order valence-corrected chi connectivity index (χ3v) is 3.11. The van der Waals surface area contributed by atoms with Crippen LogP contribution >= 0.6 is 15.9 Å². The van der Waals surface area contributed by atoms with Crippen LogP contribution in [0.5, 0.6) is 5.75 Å². The van der Waals surface area contributed by atoms with Crippen molar-refractivity contribution in [3.05, 3.63) is 46.8 Å². The van der Waals surface area contributed by atoms with Gasteiger partial charge in [-0.15, -0.1) is 0 Å². The van der Waals surface area contributed by atoms with Gasteiger partial charge in [-0.2, -0.15) is 0 Å². The fourth-order valence-electron chi connectivity index (χ4n) is 1.50. The molecule has 1 amide bonds. The average Bonchev–Trinajstić information content (AvgIpc) is 2.85. The summed E-state index contributed by atoms with van der Waals surface area (Å²) in [6, 6.07) is 9.76. The zero-order valence-corrected chi connectivity index (χ0v) is 12.5. The molecular formula is C14H12BrNO4. The quantitative estimate of drug-likeness (QED) is 0.637. The van der Waals surface area contributed by atoms with Crippen LogP contribution < -0.4 is 9.64 Å². The molecule has 104 valence electrons. The topological polar surface area (TPSA) is 59.8 Å². The maximum atomic E-state index is 11.8. The van der Waals surface area contributed by atoms with Crippen LogP contribution in [0.2, 0.25) is 0 Å². The van der Waals surface area contributed by atoms with Crippen molar-refractivity contribution >= 4 is 33.5 Å². The highest BCUT2D eigenvalue weighted by atomic mass is 79.9. The minimum atomic E-state index is -0.580. The second-order valence-electron chi connectivity index (χ2n) is 4.07. The Morgan fingerprint density at radius 1 is 1.15 bits per heavy atom. The molecule has 0 aliphatic rings. The minimum absolute atomic E-state index is 0.0739. The van der Waals surface area contributed by atoms with Gasteiger partial charge in [0.15, 0.2) is 4.67 Å². The van der Waals surface area contributed by atoms with Crippen molar-refractivity contribution in [3.63, 3.8) is 0 Å². The lowest BCUT2D eigenvalue weighted by atomic mass is 10.3. The lowest BCUT2D eigenvalue weighted by Gasteiger charge is -2.14. The molecule has 1 aromatic carbocycles. The molecule has 0 unspecified atom stereocenters. The molecule has 2 rings (SSSR count). The highest BCUT2D eigenvalue weighted by molar-refractivity contribution is 9.10. The number of carbonyl (C=O) groups is 2. The predicted molar refractivity (Wildman–Crippen MR) is 76.9 cm³/mol. The second-order valence-corrected chi connectivity index (χ2v) is 4.85. The van der Waals surface area contributed by atoms with Gasteiger partial charge in [-0.25, -0.2) is 4.79 Å². The van der Waals surface area contributed by atoms with E-state index in [1.54, 1.807) is 37.4 Å². The first-order valence-electron chi connectivity index (χ1n) is 5.79. The summed E-state index contributed by atoms with van der Waals surface area (Å²) in [5, 5.41) is 0. The molecule has 0 aliphatic heterocycles. The summed E-state index contributed by atoms with van der Waals surface area (Å²) in [5.41, 5.74) is 0.720. The Kier molecular flexibility index (Phi) is 4.24. The number of amides is 1. The summed E-state index contributed by atoms with van der Waals surface area (Å²) < 4.78 is 10.7. The molecule has 5 nitrogen and oxygen atoms in total. The number of esters is 1. The number of rotatable bonds is 3. The summed E-state index contributed by atoms with van der Waals surface area (Å²) >= 11 is 3.11. The van der Waals surface area contributed by atoms with E-state index in [9.17, 15) is 9.59 Å². The molecule has 20 heavy (non-hydrogen) atoms. The third-order valence-electron chi connectivity index (χ3n) is 2.68. The molecule has 0 bridgehead atoms. The summed E-state index contributed by atoms with van der Waals surface area (Å²) in [7, 11) is 1.67. The molecule has 0 saturated heterocycles. The average molecular weight is 338 g/mol. The third kappa shape index (κ3) is 3.27. The van der Waals surface area contributed by atoms with Crippen LogP contribution in [0.25, 0.3) is 0 Å². The molecule has 0 spiro atoms. The number of anilines is 1. The highest BCUT2D eigenvalue weighted by Gasteiger charge is 2.13. The number of carbonyl (C=O) groups excluding carboxylic acids is 2. The number of hydrogen-bond donors (Lipinski definition) is 0. The maximum absolute atomic E-state index is 11.8. The van der Waals surface area contributed by atoms with Crippen molar-refractivity contribution in [3.8, 4) is 5.75 Å². The summed E-state index contributed by atoms with van der Waals surface area (Å²) in [5.74, 6) is -0.163. The number of ether oxygens (including phenoxy) is 1. The number of furan rings is 1. The van der Waals surface area contributed by atoms with E-state index in [1.807, 2.05) is 0 Å². The largest absolute Gasteiger partial charge is 0.442 e. The Hall–Kier alpha value is -2.08. The van der Waals surface area contributed by atoms with Gasteiger partial charge in [-0.1, -0.05) is 0 Å². The number of benzene rings is 1. The van der Waals surface area contributed by atoms with E-state index in [2.05, 4.69) is 15.9 Å². The van der Waals surface area contributed by atoms with Crippen LogP contribution in [0.4, 0.5) is 5.69 Å². The molecule has 1 aromatic heterocycles. The van der Waals surface area contributed by atoms with Gasteiger partial charge in [0.1, 0.15) is 5.75 Å². The van der Waals surface area contributed by atoms with Crippen molar-refractivity contribution < 1.29 is 18.7 Å². The first-order valence-corrected chi connectivity index (χ1v) is 6.58. The monoisotopic (exact) mass is 337 g/mol. The Morgan fingerprint density at radius 3 is 2.30 bits per heavy atom. The van der Waals surface area contributed by atoms with Crippen LogP contribution in [0, 0.1) is 0 Å². The van der Waals surface area contributed by atoms with Crippen LogP contribution in [0.15, 0.2) is 45.5 Å². The predicted octanol–water partition coefficient (Wildman–Crippen LogP) is 3.24. The number of halogens is 1. The van der Waals surface area contributed by atoms with Crippen molar-refractivity contribution in [1.29, 1.82) is 0 Å². The maximum Gasteiger partial charge on any atom is 0.379 e. The lowest BCUT2D eigenvalue weighted by Crippen LogP contribution is -2.22. The van der Waals surface area contributed by atoms with Crippen LogP contribution in [0.1, 0.15) is 17.5 Å². The summed E-state index contributed by atoms with van der Waals surface area (Å²) in [4.78, 5) is 24.5. The van der Waals surface area contributed by atoms with Gasteiger partial charge in [-0.3, -0.25) is 4.79 Å². The van der Waals surface area contributed by atoms with Crippen LogP contribution in [0.3, 0.4) is 0 Å². The minimum Gasteiger partial charge on any atom is -0.442 e. The molecule has 0 radical (unpaired) electrons. The zero-order chi connectivity index (χ0) is 14.7. The number of nitrogens with zero attached hydrogens (tertiary/aromatic N) is 1. The SMILES string of the molecule is CC(=O)N(C)c1ccc(OC(=O)c2ccc(Br)o2)cc1. The van der Waals surface area contributed by atoms with Gasteiger partial charge in [0.25, 0.3) is 0 Å². The van der Waals surface area contributed by atoms with Crippen LogP contribution in [-0.4, -0.2) is 18.9 Å². The Balaban J connectivity index is 2.07. The molecule has 2 aromatic rings. The van der Waals surface area contributed by atoms with Crippen molar-refractivity contribution in [1.82, 2.24) is 0 Å². The van der Waals surface area contributed by atoms with E-state index in [0.29, 0.717) is 10.4 Å². The van der Waals surface area contributed by atoms with E-state index >= 15 is 0 Å². The van der Waals surface area contributed by atoms with Gasteiger partial charge in [-0.05, 0) is 52.3 Å². The van der Waals surface area contributed by atoms with Gasteiger partial charge in [0.05, 0.1) is 0 Å². The summed E-state index contributed by atoms with van der Waals surface area (Å²) in [6.45, 7) is 1.47. The van der Waals surface area contributed by atoms with E-state index in [1.165, 1.54) is 17.9 Å². The fourth-order valence-corrected chi connectivity index (χ4v) is 1.81. The molecule has 0 aliphatic carbocycles. The Labute approximate surface area is 124 Å². The standard InChI is InChI=1S/C14H12BrNO4/c1-9(17)16(2)10-3-5-11(6-4-10)19-14(18)12-7-8-13(15)20-12/h3-8H,1-2H3. The van der Waals surface area contributed by atoms with Crippen molar-refractivity contribution in [2.24, 2.45) is 0 Å². The molecule has 1 heterocycles. The van der Waals surface area contributed by atoms with E-state index in [-0.39, 0.29) is 11.7 Å². The molecule has 6 heteroatoms. The van der Waals surface area contributed by atoms with E-state index in [4.69, 9.17) is 9.15 Å². The molecule has 0 fully saturated rings. The smallest absolute Gasteiger partial charge is 0.379 e. The van der Waals surface area contributed by atoms with Crippen molar-refractivity contribution in [2.75, 3.05) is 11.9 Å². The van der Waals surface area contributed by atoms with Gasteiger partial charge < -0.3 is 14.1 Å². The van der Waals surface area contributed by atoms with Gasteiger partial charge >= 0.3 is 5.97 Å². The Bertz CT molecular complexity index is 633. The van der Waals surface area contributed by atoms with Crippen molar-refractivity contribution in [2.45, 2.75) is 6.92 Å². The molecular weight excluding hydrogens is 326 g/mol. The fraction of sp³-hybridized carbons (Fsp3) is 0.143. The zero-order valence-electron chi connectivity index (χ0n) is 10.9. The first kappa shape index (κ1) is 14.3. The normalized spacial score (nSPS) is 10.2. The molecule has 0 atom stereocenters.